The Bertz CT molecular complexity index is 1500. The van der Waals surface area contributed by atoms with Gasteiger partial charge in [0.2, 0.25) is 0 Å². The third kappa shape index (κ3) is 5.16. The summed E-state index contributed by atoms with van der Waals surface area (Å²) in [6, 6.07) is 7.38. The van der Waals surface area contributed by atoms with E-state index in [1.807, 2.05) is 0 Å². The largest absolute Gasteiger partial charge is 0.497 e. The molecular formula is C27H25F3N4O5S. The maximum atomic E-state index is 14.9. The molecule has 1 aliphatic heterocycles. The van der Waals surface area contributed by atoms with E-state index in [0.29, 0.717) is 39.8 Å². The predicted octanol–water partition coefficient (Wildman–Crippen LogP) is 5.24. The lowest BCUT2D eigenvalue weighted by atomic mass is 10.0. The van der Waals surface area contributed by atoms with Gasteiger partial charge in [0, 0.05) is 30.4 Å². The number of pyridine rings is 1. The first kappa shape index (κ1) is 28.7. The number of halogens is 3. The van der Waals surface area contributed by atoms with Crippen molar-refractivity contribution in [2.75, 3.05) is 30.7 Å². The summed E-state index contributed by atoms with van der Waals surface area (Å²) in [4.78, 5) is 44.5. The Hall–Kier alpha value is -4.26. The Labute approximate surface area is 232 Å². The molecule has 0 saturated carbocycles. The number of aromatic nitrogens is 1. The summed E-state index contributed by atoms with van der Waals surface area (Å²) < 4.78 is 54.2. The summed E-state index contributed by atoms with van der Waals surface area (Å²) in [5.41, 5.74) is -1.58. The maximum absolute atomic E-state index is 14.9. The quantitative estimate of drug-likeness (QED) is 0.223. The fourth-order valence-electron chi connectivity index (χ4n) is 4.18. The van der Waals surface area contributed by atoms with E-state index in [2.05, 4.69) is 10.3 Å². The highest BCUT2D eigenvalue weighted by Gasteiger charge is 2.52. The zero-order valence-corrected chi connectivity index (χ0v) is 23.0. The molecule has 1 aromatic heterocycles. The number of urea groups is 1. The number of ether oxygens (including phenoxy) is 2. The first-order valence-electron chi connectivity index (χ1n) is 11.8. The normalized spacial score (nSPS) is 14.5. The number of benzene rings is 2. The van der Waals surface area contributed by atoms with Crippen LogP contribution in [0.5, 0.6) is 11.5 Å². The summed E-state index contributed by atoms with van der Waals surface area (Å²) >= 11 is 0.662. The van der Waals surface area contributed by atoms with E-state index in [9.17, 15) is 27.6 Å². The topological polar surface area (TPSA) is 101 Å². The highest BCUT2D eigenvalue weighted by molar-refractivity contribution is 7.98. The standard InChI is InChI=1S/C27H25F3N4O5S/c1-27(2)25(36)34(19-12-18(28)23(40-5)22(30)21(19)29)26(37)33(27)13-14-6-7-31-20(8-14)32-24(35)15-9-16(38-3)11-17(10-15)39-4/h6-12H,13H2,1-5H3,(H,31,32,35). The third-order valence-corrected chi connectivity index (χ3v) is 7.17. The number of amides is 4. The van der Waals surface area contributed by atoms with E-state index < -0.39 is 51.4 Å². The van der Waals surface area contributed by atoms with Crippen molar-refractivity contribution in [2.24, 2.45) is 0 Å². The number of hydrogen-bond acceptors (Lipinski definition) is 7. The summed E-state index contributed by atoms with van der Waals surface area (Å²) in [5, 5.41) is 2.66. The smallest absolute Gasteiger partial charge is 0.332 e. The summed E-state index contributed by atoms with van der Waals surface area (Å²) in [5.74, 6) is -4.48. The number of methoxy groups -OCH3 is 2. The lowest BCUT2D eigenvalue weighted by molar-refractivity contribution is -0.123. The molecule has 0 radical (unpaired) electrons. The van der Waals surface area contributed by atoms with Crippen LogP contribution < -0.4 is 19.7 Å². The van der Waals surface area contributed by atoms with Crippen molar-refractivity contribution < 1.29 is 37.0 Å². The number of nitrogens with one attached hydrogen (secondary N) is 1. The number of imide groups is 1. The number of carbonyl (C=O) groups is 3. The monoisotopic (exact) mass is 574 g/mol. The van der Waals surface area contributed by atoms with Gasteiger partial charge in [-0.25, -0.2) is 27.8 Å². The van der Waals surface area contributed by atoms with E-state index in [-0.39, 0.29) is 17.9 Å². The molecule has 1 N–H and O–H groups in total. The molecule has 0 bridgehead atoms. The van der Waals surface area contributed by atoms with E-state index in [1.165, 1.54) is 58.7 Å². The van der Waals surface area contributed by atoms with Gasteiger partial charge in [-0.15, -0.1) is 11.8 Å². The molecule has 0 aliphatic carbocycles. The third-order valence-electron chi connectivity index (χ3n) is 6.39. The van der Waals surface area contributed by atoms with E-state index >= 15 is 0 Å². The van der Waals surface area contributed by atoms with Crippen molar-refractivity contribution in [1.82, 2.24) is 9.88 Å². The Kier molecular flexibility index (Phi) is 7.96. The zero-order valence-electron chi connectivity index (χ0n) is 22.2. The molecule has 13 heteroatoms. The van der Waals surface area contributed by atoms with Crippen LogP contribution in [0.1, 0.15) is 29.8 Å². The lowest BCUT2D eigenvalue weighted by Gasteiger charge is -2.27. The van der Waals surface area contributed by atoms with Gasteiger partial charge in [-0.05, 0) is 49.9 Å². The van der Waals surface area contributed by atoms with Crippen LogP contribution in [-0.2, 0) is 11.3 Å². The molecular weight excluding hydrogens is 549 g/mol. The first-order chi connectivity index (χ1) is 18.9. The molecule has 210 valence electrons. The molecule has 0 unspecified atom stereocenters. The van der Waals surface area contributed by atoms with E-state index in [0.717, 1.165) is 4.90 Å². The second-order valence-electron chi connectivity index (χ2n) is 9.21. The number of rotatable bonds is 8. The van der Waals surface area contributed by atoms with Crippen LogP contribution in [-0.4, -0.2) is 53.7 Å². The Morgan fingerprint density at radius 1 is 1.02 bits per heavy atom. The molecule has 40 heavy (non-hydrogen) atoms. The highest BCUT2D eigenvalue weighted by Crippen LogP contribution is 2.38. The van der Waals surface area contributed by atoms with Crippen LogP contribution >= 0.6 is 11.8 Å². The maximum Gasteiger partial charge on any atom is 0.332 e. The van der Waals surface area contributed by atoms with Crippen molar-refractivity contribution in [1.29, 1.82) is 0 Å². The second kappa shape index (κ2) is 11.1. The van der Waals surface area contributed by atoms with Crippen LogP contribution in [0.15, 0.2) is 47.5 Å². The average Bonchev–Trinajstić information content (AvgIpc) is 3.09. The van der Waals surface area contributed by atoms with E-state index in [1.54, 1.807) is 12.1 Å². The van der Waals surface area contributed by atoms with Gasteiger partial charge in [-0.1, -0.05) is 0 Å². The summed E-state index contributed by atoms with van der Waals surface area (Å²) in [7, 11) is 2.91. The van der Waals surface area contributed by atoms with Crippen LogP contribution in [0.3, 0.4) is 0 Å². The molecule has 4 rings (SSSR count). The zero-order chi connectivity index (χ0) is 29.4. The minimum absolute atomic E-state index is 0.151. The van der Waals surface area contributed by atoms with Gasteiger partial charge in [-0.2, -0.15) is 0 Å². The van der Waals surface area contributed by atoms with Crippen molar-refractivity contribution in [3.63, 3.8) is 0 Å². The summed E-state index contributed by atoms with van der Waals surface area (Å²) in [6.45, 7) is 2.73. The minimum Gasteiger partial charge on any atom is -0.497 e. The average molecular weight is 575 g/mol. The van der Waals surface area contributed by atoms with Crippen LogP contribution in [0, 0.1) is 17.5 Å². The van der Waals surface area contributed by atoms with Crippen LogP contribution in [0.2, 0.25) is 0 Å². The SMILES string of the molecule is COc1cc(OC)cc(C(=O)Nc2cc(CN3C(=O)N(c4cc(F)c(SC)c(F)c4F)C(=O)C3(C)C)ccn2)c1. The molecule has 0 spiro atoms. The molecule has 3 aromatic rings. The highest BCUT2D eigenvalue weighted by atomic mass is 32.2. The van der Waals surface area contributed by atoms with Crippen LogP contribution in [0.4, 0.5) is 29.5 Å². The molecule has 2 heterocycles. The number of thioether (sulfide) groups is 1. The predicted molar refractivity (Wildman–Crippen MR) is 142 cm³/mol. The number of carbonyl (C=O) groups excluding carboxylic acids is 3. The number of hydrogen-bond donors (Lipinski definition) is 1. The van der Waals surface area contributed by atoms with Gasteiger partial charge in [0.15, 0.2) is 11.6 Å². The lowest BCUT2D eigenvalue weighted by Crippen LogP contribution is -2.43. The van der Waals surface area contributed by atoms with Gasteiger partial charge < -0.3 is 19.7 Å². The number of anilines is 2. The van der Waals surface area contributed by atoms with Gasteiger partial charge in [0.05, 0.1) is 24.8 Å². The number of nitrogens with zero attached hydrogens (tertiary/aromatic N) is 3. The Morgan fingerprint density at radius 2 is 1.68 bits per heavy atom. The van der Waals surface area contributed by atoms with Gasteiger partial charge in [0.1, 0.15) is 28.7 Å². The molecule has 1 fully saturated rings. The molecule has 4 amide bonds. The molecule has 0 atom stereocenters. The second-order valence-corrected chi connectivity index (χ2v) is 10.0. The van der Waals surface area contributed by atoms with E-state index in [4.69, 9.17) is 9.47 Å². The van der Waals surface area contributed by atoms with Gasteiger partial charge in [-0.3, -0.25) is 9.59 Å². The van der Waals surface area contributed by atoms with Crippen molar-refractivity contribution >= 4 is 41.1 Å². The Morgan fingerprint density at radius 3 is 2.27 bits per heavy atom. The van der Waals surface area contributed by atoms with Crippen molar-refractivity contribution in [3.8, 4) is 11.5 Å². The molecule has 1 aliphatic rings. The molecule has 2 aromatic carbocycles. The fourth-order valence-corrected chi connectivity index (χ4v) is 4.70. The van der Waals surface area contributed by atoms with Crippen molar-refractivity contribution in [3.05, 3.63) is 71.2 Å². The fraction of sp³-hybridized carbons (Fsp3) is 0.259. The molecule has 9 nitrogen and oxygen atoms in total. The first-order valence-corrected chi connectivity index (χ1v) is 13.0. The van der Waals surface area contributed by atoms with Crippen molar-refractivity contribution in [2.45, 2.75) is 30.8 Å². The molecule has 1 saturated heterocycles. The van der Waals surface area contributed by atoms with Gasteiger partial charge >= 0.3 is 6.03 Å². The van der Waals surface area contributed by atoms with Crippen LogP contribution in [0.25, 0.3) is 0 Å². The minimum atomic E-state index is -1.51. The Balaban J connectivity index is 1.59. The van der Waals surface area contributed by atoms with Gasteiger partial charge in [0.25, 0.3) is 11.8 Å². The summed E-state index contributed by atoms with van der Waals surface area (Å²) in [6.07, 6.45) is 2.77.